The second-order valence-corrected chi connectivity index (χ2v) is 12.0. The zero-order valence-electron chi connectivity index (χ0n) is 22.6. The van der Waals surface area contributed by atoms with E-state index in [-0.39, 0.29) is 11.7 Å². The number of hydrogen-bond donors (Lipinski definition) is 1. The highest BCUT2D eigenvalue weighted by Gasteiger charge is 2.37. The lowest BCUT2D eigenvalue weighted by Crippen LogP contribution is -2.39. The SMILES string of the molecule is C/C(=N\N(C)C(=O)C1CCCCC1C(=O)O)c1ccc(OCCCC(=O)CCCSSc2ccccn2)cc1. The number of amides is 1. The molecule has 2 atom stereocenters. The van der Waals surface area contributed by atoms with E-state index in [0.717, 1.165) is 35.6 Å². The van der Waals surface area contributed by atoms with Crippen molar-refractivity contribution in [2.45, 2.75) is 63.3 Å². The number of hydrogen-bond acceptors (Lipinski definition) is 8. The number of ether oxygens (including phenoxy) is 1. The molecular weight excluding hydrogens is 534 g/mol. The monoisotopic (exact) mass is 571 g/mol. The van der Waals surface area contributed by atoms with E-state index in [9.17, 15) is 19.5 Å². The molecule has 1 heterocycles. The predicted octanol–water partition coefficient (Wildman–Crippen LogP) is 6.10. The van der Waals surface area contributed by atoms with Gasteiger partial charge in [-0.05, 0) is 85.4 Å². The molecule has 1 aliphatic carbocycles. The molecule has 1 amide bonds. The van der Waals surface area contributed by atoms with Gasteiger partial charge in [0.2, 0.25) is 5.91 Å². The van der Waals surface area contributed by atoms with Crippen LogP contribution in [0, 0.1) is 11.8 Å². The smallest absolute Gasteiger partial charge is 0.307 e. The number of ketones is 1. The molecule has 1 aromatic heterocycles. The Morgan fingerprint density at radius 1 is 1.05 bits per heavy atom. The number of Topliss-reactive ketones (excluding diaryl/α,β-unsaturated/α-hetero) is 1. The molecule has 1 aromatic carbocycles. The molecular formula is C29H37N3O5S2. The lowest BCUT2D eigenvalue weighted by atomic mass is 9.78. The van der Waals surface area contributed by atoms with E-state index in [0.29, 0.717) is 50.2 Å². The van der Waals surface area contributed by atoms with Gasteiger partial charge in [-0.25, -0.2) is 9.99 Å². The minimum absolute atomic E-state index is 0.252. The van der Waals surface area contributed by atoms with Crippen molar-refractivity contribution in [2.75, 3.05) is 19.4 Å². The van der Waals surface area contributed by atoms with Crippen molar-refractivity contribution in [3.8, 4) is 5.75 Å². The number of rotatable bonds is 15. The van der Waals surface area contributed by atoms with Crippen molar-refractivity contribution in [2.24, 2.45) is 16.9 Å². The van der Waals surface area contributed by atoms with Crippen molar-refractivity contribution >= 4 is 45.0 Å². The topological polar surface area (TPSA) is 109 Å². The number of benzene rings is 1. The van der Waals surface area contributed by atoms with Gasteiger partial charge in [0, 0.05) is 31.8 Å². The van der Waals surface area contributed by atoms with Gasteiger partial charge >= 0.3 is 5.97 Å². The Morgan fingerprint density at radius 2 is 1.77 bits per heavy atom. The third-order valence-electron chi connectivity index (χ3n) is 6.63. The van der Waals surface area contributed by atoms with Crippen LogP contribution < -0.4 is 4.74 Å². The fourth-order valence-electron chi connectivity index (χ4n) is 4.50. The van der Waals surface area contributed by atoms with Gasteiger partial charge in [-0.2, -0.15) is 5.10 Å². The maximum atomic E-state index is 12.9. The number of carbonyl (C=O) groups excluding carboxylic acids is 2. The van der Waals surface area contributed by atoms with Crippen molar-refractivity contribution < 1.29 is 24.2 Å². The summed E-state index contributed by atoms with van der Waals surface area (Å²) in [5.41, 5.74) is 1.50. The highest BCUT2D eigenvalue weighted by Crippen LogP contribution is 2.32. The van der Waals surface area contributed by atoms with Crippen molar-refractivity contribution in [3.05, 3.63) is 54.2 Å². The van der Waals surface area contributed by atoms with Gasteiger partial charge in [0.1, 0.15) is 16.6 Å². The summed E-state index contributed by atoms with van der Waals surface area (Å²) in [5, 5.41) is 16.2. The molecule has 0 bridgehead atoms. The van der Waals surface area contributed by atoms with Crippen LogP contribution in [0.5, 0.6) is 5.75 Å². The van der Waals surface area contributed by atoms with Gasteiger partial charge in [0.25, 0.3) is 0 Å². The summed E-state index contributed by atoms with van der Waals surface area (Å²) in [6.45, 7) is 2.28. The van der Waals surface area contributed by atoms with Gasteiger partial charge in [-0.3, -0.25) is 14.4 Å². The number of aliphatic carboxylic acids is 1. The third-order valence-corrected chi connectivity index (χ3v) is 8.98. The number of aromatic nitrogens is 1. The summed E-state index contributed by atoms with van der Waals surface area (Å²) in [7, 11) is 4.93. The van der Waals surface area contributed by atoms with Crippen LogP contribution in [0.2, 0.25) is 0 Å². The molecule has 1 saturated carbocycles. The summed E-state index contributed by atoms with van der Waals surface area (Å²) in [4.78, 5) is 40.8. The first-order chi connectivity index (χ1) is 18.8. The fraction of sp³-hybridized carbons (Fsp3) is 0.483. The lowest BCUT2D eigenvalue weighted by Gasteiger charge is -2.29. The molecule has 8 nitrogen and oxygen atoms in total. The third kappa shape index (κ3) is 10.3. The zero-order valence-corrected chi connectivity index (χ0v) is 24.2. The summed E-state index contributed by atoms with van der Waals surface area (Å²) < 4.78 is 5.79. The van der Waals surface area contributed by atoms with Gasteiger partial charge in [-0.1, -0.05) is 29.7 Å². The largest absolute Gasteiger partial charge is 0.494 e. The molecule has 0 spiro atoms. The van der Waals surface area contributed by atoms with E-state index in [1.807, 2.05) is 49.4 Å². The highest BCUT2D eigenvalue weighted by atomic mass is 33.1. The van der Waals surface area contributed by atoms with Crippen molar-refractivity contribution in [3.63, 3.8) is 0 Å². The number of carboxylic acids is 1. The zero-order chi connectivity index (χ0) is 28.0. The van der Waals surface area contributed by atoms with Gasteiger partial charge in [-0.15, -0.1) is 0 Å². The van der Waals surface area contributed by atoms with Crippen LogP contribution in [0.3, 0.4) is 0 Å². The Labute approximate surface area is 238 Å². The van der Waals surface area contributed by atoms with E-state index in [2.05, 4.69) is 10.1 Å². The van der Waals surface area contributed by atoms with E-state index < -0.39 is 17.8 Å². The molecule has 0 aliphatic heterocycles. The number of carboxylic acid groups (broad SMARTS) is 1. The van der Waals surface area contributed by atoms with Gasteiger partial charge < -0.3 is 9.84 Å². The molecule has 1 aliphatic rings. The minimum atomic E-state index is -0.909. The number of pyridine rings is 1. The quantitative estimate of drug-likeness (QED) is 0.118. The molecule has 2 aromatic rings. The van der Waals surface area contributed by atoms with Crippen molar-refractivity contribution in [1.82, 2.24) is 9.99 Å². The molecule has 210 valence electrons. The lowest BCUT2D eigenvalue weighted by molar-refractivity contribution is -0.151. The van der Waals surface area contributed by atoms with Crippen LogP contribution in [0.25, 0.3) is 0 Å². The van der Waals surface area contributed by atoms with Crippen LogP contribution >= 0.6 is 21.6 Å². The van der Waals surface area contributed by atoms with Crippen LogP contribution in [0.15, 0.2) is 58.8 Å². The molecule has 1 N–H and O–H groups in total. The second-order valence-electron chi connectivity index (χ2n) is 9.57. The molecule has 0 radical (unpaired) electrons. The number of hydrazone groups is 1. The predicted molar refractivity (Wildman–Crippen MR) is 156 cm³/mol. The van der Waals surface area contributed by atoms with Gasteiger partial charge in [0.15, 0.2) is 0 Å². The summed E-state index contributed by atoms with van der Waals surface area (Å²) in [6.07, 6.45) is 7.20. The maximum Gasteiger partial charge on any atom is 0.307 e. The first-order valence-corrected chi connectivity index (χ1v) is 15.7. The Hall–Kier alpha value is -2.85. The normalized spacial score (nSPS) is 17.4. The van der Waals surface area contributed by atoms with Crippen LogP contribution in [-0.4, -0.2) is 57.9 Å². The molecule has 39 heavy (non-hydrogen) atoms. The first kappa shape index (κ1) is 30.7. The Morgan fingerprint density at radius 3 is 2.46 bits per heavy atom. The van der Waals surface area contributed by atoms with Crippen LogP contribution in [0.4, 0.5) is 0 Å². The Bertz CT molecular complexity index is 1110. The molecule has 3 rings (SSSR count). The summed E-state index contributed by atoms with van der Waals surface area (Å²) in [6, 6.07) is 13.3. The second kappa shape index (κ2) is 16.3. The number of carbonyl (C=O) groups is 3. The van der Waals surface area contributed by atoms with Crippen LogP contribution in [-0.2, 0) is 14.4 Å². The van der Waals surface area contributed by atoms with E-state index >= 15 is 0 Å². The van der Waals surface area contributed by atoms with Crippen molar-refractivity contribution in [1.29, 1.82) is 0 Å². The average molecular weight is 572 g/mol. The standard InChI is InChI=1S/C29H37N3O5S2/c1-21(31-32(2)28(34)25-11-3-4-12-26(25)29(35)36)22-14-16-24(17-15-22)37-19-7-9-23(33)10-8-20-38-39-27-13-5-6-18-30-27/h5-6,13-18,25-26H,3-4,7-12,19-20H2,1-2H3,(H,35,36)/b31-21+. The molecule has 0 saturated heterocycles. The first-order valence-electron chi connectivity index (χ1n) is 13.4. The average Bonchev–Trinajstić information content (AvgIpc) is 2.95. The fourth-order valence-corrected chi connectivity index (χ4v) is 6.46. The van der Waals surface area contributed by atoms with Crippen LogP contribution in [0.1, 0.15) is 63.9 Å². The molecule has 10 heteroatoms. The molecule has 1 fully saturated rings. The Kier molecular flexibility index (Phi) is 12.8. The molecule has 2 unspecified atom stereocenters. The maximum absolute atomic E-state index is 12.9. The number of nitrogens with zero attached hydrogens (tertiary/aromatic N) is 3. The summed E-state index contributed by atoms with van der Waals surface area (Å²) >= 11 is 0. The van der Waals surface area contributed by atoms with E-state index in [4.69, 9.17) is 4.74 Å². The summed E-state index contributed by atoms with van der Waals surface area (Å²) in [5.74, 6) is -0.465. The van der Waals surface area contributed by atoms with E-state index in [1.54, 1.807) is 34.8 Å². The van der Waals surface area contributed by atoms with E-state index in [1.165, 1.54) is 5.01 Å². The minimum Gasteiger partial charge on any atom is -0.494 e. The highest BCUT2D eigenvalue weighted by molar-refractivity contribution is 8.76. The van der Waals surface area contributed by atoms with Gasteiger partial charge in [0.05, 0.1) is 24.2 Å². The Balaban J connectivity index is 1.34.